The van der Waals surface area contributed by atoms with Crippen LogP contribution >= 0.6 is 0 Å². The van der Waals surface area contributed by atoms with E-state index in [2.05, 4.69) is 25.7 Å². The molecular weight excluding hydrogens is 420 g/mol. The van der Waals surface area contributed by atoms with Crippen LogP contribution in [0.25, 0.3) is 16.7 Å². The van der Waals surface area contributed by atoms with Gasteiger partial charge in [0.25, 0.3) is 0 Å². The highest BCUT2D eigenvalue weighted by Crippen LogP contribution is 2.21. The van der Waals surface area contributed by atoms with Crippen LogP contribution in [0.15, 0.2) is 48.7 Å². The molecule has 2 aromatic heterocycles. The zero-order chi connectivity index (χ0) is 22.6. The monoisotopic (exact) mass is 436 g/mol. The highest BCUT2D eigenvalue weighted by Gasteiger charge is 2.38. The number of hydrogen-bond donors (Lipinski definition) is 3. The molecule has 0 fully saturated rings. The quantitative estimate of drug-likeness (QED) is 0.420. The number of H-pyrrole nitrogens is 1. The van der Waals surface area contributed by atoms with Crippen molar-refractivity contribution in [1.82, 2.24) is 25.0 Å². The SMILES string of the molecule is Cc1ncc(CNc2cc3n[nH]nc3cc2F)n1-c1ccccc1.O=C(O)C(F)(F)F. The maximum atomic E-state index is 14.2. The number of hydrogen-bond acceptors (Lipinski definition) is 5. The lowest BCUT2D eigenvalue weighted by Crippen LogP contribution is -2.21. The number of fused-ring (bicyclic) bond motifs is 1. The van der Waals surface area contributed by atoms with Crippen molar-refractivity contribution in [2.45, 2.75) is 19.6 Å². The molecule has 12 heteroatoms. The van der Waals surface area contributed by atoms with E-state index in [0.29, 0.717) is 23.3 Å². The zero-order valence-corrected chi connectivity index (χ0v) is 16.0. The number of carboxylic acids is 1. The van der Waals surface area contributed by atoms with E-state index >= 15 is 0 Å². The number of aromatic nitrogens is 5. The van der Waals surface area contributed by atoms with Crippen molar-refractivity contribution in [3.8, 4) is 5.69 Å². The molecule has 0 saturated heterocycles. The average Bonchev–Trinajstić information content (AvgIpc) is 3.32. The van der Waals surface area contributed by atoms with Gasteiger partial charge in [0.2, 0.25) is 0 Å². The molecule has 0 radical (unpaired) electrons. The Kier molecular flexibility index (Phi) is 6.18. The largest absolute Gasteiger partial charge is 0.490 e. The average molecular weight is 436 g/mol. The summed E-state index contributed by atoms with van der Waals surface area (Å²) in [5.74, 6) is -2.24. The number of carboxylic acid groups (broad SMARTS) is 1. The normalized spacial score (nSPS) is 11.1. The number of para-hydroxylation sites is 1. The van der Waals surface area contributed by atoms with Crippen molar-refractivity contribution < 1.29 is 27.5 Å². The summed E-state index contributed by atoms with van der Waals surface area (Å²) in [5, 5.41) is 20.6. The minimum Gasteiger partial charge on any atom is -0.475 e. The molecule has 31 heavy (non-hydrogen) atoms. The summed E-state index contributed by atoms with van der Waals surface area (Å²) in [7, 11) is 0. The third kappa shape index (κ3) is 5.15. The Bertz CT molecular complexity index is 1190. The van der Waals surface area contributed by atoms with Gasteiger partial charge in [-0.2, -0.15) is 28.6 Å². The molecule has 2 aromatic carbocycles. The second kappa shape index (κ2) is 8.81. The van der Waals surface area contributed by atoms with E-state index in [0.717, 1.165) is 17.2 Å². The summed E-state index contributed by atoms with van der Waals surface area (Å²) in [4.78, 5) is 13.3. The minimum absolute atomic E-state index is 0.362. The summed E-state index contributed by atoms with van der Waals surface area (Å²) >= 11 is 0. The molecule has 4 aromatic rings. The number of aryl methyl sites for hydroxylation is 1. The number of aromatic amines is 1. The van der Waals surface area contributed by atoms with Crippen molar-refractivity contribution in [3.05, 3.63) is 66.0 Å². The molecule has 0 aliphatic heterocycles. The van der Waals surface area contributed by atoms with Gasteiger partial charge in [0.1, 0.15) is 22.7 Å². The Hall–Kier alpha value is -3.96. The van der Waals surface area contributed by atoms with Crippen LogP contribution < -0.4 is 5.32 Å². The first-order valence-corrected chi connectivity index (χ1v) is 8.79. The highest BCUT2D eigenvalue weighted by molar-refractivity contribution is 5.78. The summed E-state index contributed by atoms with van der Waals surface area (Å²) in [5.41, 5.74) is 3.47. The number of imidazole rings is 1. The van der Waals surface area contributed by atoms with Gasteiger partial charge in [0.05, 0.1) is 24.1 Å². The fraction of sp³-hybridized carbons (Fsp3) is 0.158. The smallest absolute Gasteiger partial charge is 0.475 e. The summed E-state index contributed by atoms with van der Waals surface area (Å²) in [6, 6.07) is 13.0. The number of alkyl halides is 3. The van der Waals surface area contributed by atoms with Crippen LogP contribution in [0.1, 0.15) is 11.5 Å². The molecule has 0 unspecified atom stereocenters. The maximum Gasteiger partial charge on any atom is 0.490 e. The van der Waals surface area contributed by atoms with Gasteiger partial charge < -0.3 is 10.4 Å². The summed E-state index contributed by atoms with van der Waals surface area (Å²) in [6.07, 6.45) is -3.29. The van der Waals surface area contributed by atoms with Gasteiger partial charge in [0.15, 0.2) is 0 Å². The van der Waals surface area contributed by atoms with Crippen molar-refractivity contribution >= 4 is 22.7 Å². The number of rotatable bonds is 4. The van der Waals surface area contributed by atoms with Crippen LogP contribution in [-0.2, 0) is 11.3 Å². The zero-order valence-electron chi connectivity index (χ0n) is 16.0. The van der Waals surface area contributed by atoms with Crippen molar-refractivity contribution in [2.75, 3.05) is 5.32 Å². The Labute approximate surface area is 172 Å². The topological polar surface area (TPSA) is 109 Å². The van der Waals surface area contributed by atoms with Crippen LogP contribution in [0.5, 0.6) is 0 Å². The lowest BCUT2D eigenvalue weighted by Gasteiger charge is -2.12. The van der Waals surface area contributed by atoms with Crippen molar-refractivity contribution in [1.29, 1.82) is 0 Å². The Morgan fingerprint density at radius 1 is 1.16 bits per heavy atom. The first-order chi connectivity index (χ1) is 14.7. The number of nitrogens with one attached hydrogen (secondary N) is 2. The van der Waals surface area contributed by atoms with E-state index in [1.54, 1.807) is 12.3 Å². The van der Waals surface area contributed by atoms with Crippen LogP contribution in [0, 0.1) is 12.7 Å². The van der Waals surface area contributed by atoms with E-state index in [1.165, 1.54) is 6.07 Å². The van der Waals surface area contributed by atoms with E-state index in [9.17, 15) is 17.6 Å². The van der Waals surface area contributed by atoms with Crippen molar-refractivity contribution in [2.24, 2.45) is 0 Å². The van der Waals surface area contributed by atoms with E-state index < -0.39 is 12.1 Å². The van der Waals surface area contributed by atoms with Crippen molar-refractivity contribution in [3.63, 3.8) is 0 Å². The standard InChI is InChI=1S/C17H15FN6.C2HF3O2/c1-11-19-9-13(24(11)12-5-3-2-4-6-12)10-20-15-8-17-16(7-14(15)18)21-23-22-17;3-2(4,5)1(6)7/h2-9,20H,10H2,1H3,(H,21,22,23);(H,6,7). The Balaban J connectivity index is 0.000000339. The minimum atomic E-state index is -5.08. The molecule has 0 atom stereocenters. The molecule has 2 heterocycles. The molecule has 162 valence electrons. The van der Waals surface area contributed by atoms with Gasteiger partial charge >= 0.3 is 12.1 Å². The predicted molar refractivity (Wildman–Crippen MR) is 103 cm³/mol. The molecule has 0 aliphatic carbocycles. The van der Waals surface area contributed by atoms with Gasteiger partial charge in [-0.1, -0.05) is 18.2 Å². The van der Waals surface area contributed by atoms with Gasteiger partial charge in [0, 0.05) is 11.8 Å². The van der Waals surface area contributed by atoms with Gasteiger partial charge in [-0.15, -0.1) is 0 Å². The van der Waals surface area contributed by atoms with Crippen LogP contribution in [0.2, 0.25) is 0 Å². The molecule has 0 amide bonds. The first-order valence-electron chi connectivity index (χ1n) is 8.79. The van der Waals surface area contributed by atoms with Crippen LogP contribution in [-0.4, -0.2) is 42.2 Å². The third-order valence-corrected chi connectivity index (χ3v) is 4.13. The molecule has 0 bridgehead atoms. The molecular formula is C19H16F4N6O2. The maximum absolute atomic E-state index is 14.2. The third-order valence-electron chi connectivity index (χ3n) is 4.13. The second-order valence-electron chi connectivity index (χ2n) is 6.27. The van der Waals surface area contributed by atoms with Crippen LogP contribution in [0.3, 0.4) is 0 Å². The fourth-order valence-electron chi connectivity index (χ4n) is 2.73. The number of carbonyl (C=O) groups is 1. The number of halogens is 4. The number of anilines is 1. The van der Waals surface area contributed by atoms with E-state index in [-0.39, 0.29) is 5.82 Å². The number of nitrogens with zero attached hydrogens (tertiary/aromatic N) is 4. The molecule has 4 rings (SSSR count). The van der Waals surface area contributed by atoms with Crippen LogP contribution in [0.4, 0.5) is 23.2 Å². The van der Waals surface area contributed by atoms with Gasteiger partial charge in [-0.25, -0.2) is 14.2 Å². The molecule has 8 nitrogen and oxygen atoms in total. The lowest BCUT2D eigenvalue weighted by atomic mass is 10.2. The lowest BCUT2D eigenvalue weighted by molar-refractivity contribution is -0.192. The molecule has 0 aliphatic rings. The number of aliphatic carboxylic acids is 1. The van der Waals surface area contributed by atoms with E-state index in [4.69, 9.17) is 9.90 Å². The summed E-state index contributed by atoms with van der Waals surface area (Å²) < 4.78 is 47.9. The van der Waals surface area contributed by atoms with E-state index in [1.807, 2.05) is 41.8 Å². The first kappa shape index (κ1) is 21.7. The Morgan fingerprint density at radius 2 is 1.77 bits per heavy atom. The molecule has 3 N–H and O–H groups in total. The predicted octanol–water partition coefficient (Wildman–Crippen LogP) is 3.84. The fourth-order valence-corrected chi connectivity index (χ4v) is 2.73. The number of benzene rings is 2. The summed E-state index contributed by atoms with van der Waals surface area (Å²) in [6.45, 7) is 2.38. The van der Waals surface area contributed by atoms with Gasteiger partial charge in [-0.05, 0) is 25.1 Å². The van der Waals surface area contributed by atoms with Gasteiger partial charge in [-0.3, -0.25) is 4.57 Å². The highest BCUT2D eigenvalue weighted by atomic mass is 19.4. The molecule has 0 saturated carbocycles. The second-order valence-corrected chi connectivity index (χ2v) is 6.27. The molecule has 0 spiro atoms. The Morgan fingerprint density at radius 3 is 2.39 bits per heavy atom.